The largest absolute Gasteiger partial charge is 0.506 e. The van der Waals surface area contributed by atoms with Crippen LogP contribution >= 0.6 is 0 Å². The Morgan fingerprint density at radius 3 is 2.32 bits per heavy atom. The van der Waals surface area contributed by atoms with E-state index in [0.29, 0.717) is 24.0 Å². The first-order valence-corrected chi connectivity index (χ1v) is 12.3. The molecule has 2 saturated heterocycles. The van der Waals surface area contributed by atoms with Crippen molar-refractivity contribution in [2.75, 3.05) is 0 Å². The Kier molecular flexibility index (Phi) is 5.62. The zero-order valence-corrected chi connectivity index (χ0v) is 19.9. The predicted molar refractivity (Wildman–Crippen MR) is 128 cm³/mol. The highest BCUT2D eigenvalue weighted by Crippen LogP contribution is 2.49. The van der Waals surface area contributed by atoms with E-state index in [9.17, 15) is 24.8 Å². The van der Waals surface area contributed by atoms with E-state index in [-0.39, 0.29) is 28.8 Å². The number of nitrogens with one attached hydrogen (secondary N) is 1. The minimum Gasteiger partial charge on any atom is -0.506 e. The summed E-state index contributed by atoms with van der Waals surface area (Å²) >= 11 is 0. The molecule has 2 saturated carbocycles. The Labute approximate surface area is 197 Å². The van der Waals surface area contributed by atoms with Crippen molar-refractivity contribution in [3.05, 3.63) is 44.2 Å². The third kappa shape index (κ3) is 3.57. The van der Waals surface area contributed by atoms with Crippen molar-refractivity contribution in [3.8, 4) is 5.75 Å². The molecule has 1 aromatic heterocycles. The molecular formula is C25H32N4O5. The molecule has 1 atom stereocenters. The van der Waals surface area contributed by atoms with Gasteiger partial charge in [0.2, 0.25) is 0 Å². The number of rotatable bonds is 6. The minimum absolute atomic E-state index is 0.121. The van der Waals surface area contributed by atoms with Crippen LogP contribution < -0.4 is 10.9 Å². The number of amides is 1. The van der Waals surface area contributed by atoms with Crippen LogP contribution in [0.25, 0.3) is 10.9 Å². The van der Waals surface area contributed by atoms with Gasteiger partial charge in [-0.25, -0.2) is 0 Å². The van der Waals surface area contributed by atoms with Gasteiger partial charge in [0.25, 0.3) is 17.2 Å². The second-order valence-corrected chi connectivity index (χ2v) is 10.5. The van der Waals surface area contributed by atoms with E-state index in [4.69, 9.17) is 0 Å². The van der Waals surface area contributed by atoms with Gasteiger partial charge in [0.15, 0.2) is 0 Å². The molecule has 9 heteroatoms. The van der Waals surface area contributed by atoms with Gasteiger partial charge in [0.1, 0.15) is 11.3 Å². The summed E-state index contributed by atoms with van der Waals surface area (Å²) < 4.78 is 1.41. The first-order valence-electron chi connectivity index (χ1n) is 12.3. The molecule has 4 bridgehead atoms. The maximum Gasteiger partial charge on any atom is 0.270 e. The number of hydrogen-bond acceptors (Lipinski definition) is 6. The summed E-state index contributed by atoms with van der Waals surface area (Å²) in [6, 6.07) is 4.55. The monoisotopic (exact) mass is 468 g/mol. The van der Waals surface area contributed by atoms with Crippen LogP contribution in [0.4, 0.5) is 5.69 Å². The van der Waals surface area contributed by atoms with Gasteiger partial charge in [0.05, 0.1) is 16.6 Å². The van der Waals surface area contributed by atoms with E-state index in [1.165, 1.54) is 29.2 Å². The second-order valence-electron chi connectivity index (χ2n) is 10.5. The lowest BCUT2D eigenvalue weighted by Gasteiger charge is -2.58. The van der Waals surface area contributed by atoms with E-state index < -0.39 is 22.1 Å². The van der Waals surface area contributed by atoms with Crippen LogP contribution in [0.15, 0.2) is 23.0 Å². The number of carbonyl (C=O) groups is 1. The quantitative estimate of drug-likeness (QED) is 0.490. The lowest BCUT2D eigenvalue weighted by atomic mass is 9.63. The maximum atomic E-state index is 13.5. The number of pyridine rings is 1. The number of hydrogen-bond donors (Lipinski definition) is 2. The number of aromatic nitrogens is 1. The molecular weight excluding hydrogens is 436 g/mol. The molecule has 0 spiro atoms. The Bertz CT molecular complexity index is 1190. The summed E-state index contributed by atoms with van der Waals surface area (Å²) in [5.41, 5.74) is -0.808. The fourth-order valence-electron chi connectivity index (χ4n) is 6.91. The van der Waals surface area contributed by atoms with Crippen molar-refractivity contribution in [2.45, 2.75) is 83.6 Å². The maximum absolute atomic E-state index is 13.5. The number of aromatic hydroxyl groups is 1. The van der Waals surface area contributed by atoms with E-state index >= 15 is 0 Å². The topological polar surface area (TPSA) is 118 Å². The van der Waals surface area contributed by atoms with Crippen molar-refractivity contribution in [2.24, 2.45) is 11.8 Å². The third-order valence-corrected chi connectivity index (χ3v) is 8.09. The number of fused-ring (bicyclic) bond motifs is 1. The molecule has 182 valence electrons. The molecule has 1 aromatic carbocycles. The molecule has 9 nitrogen and oxygen atoms in total. The summed E-state index contributed by atoms with van der Waals surface area (Å²) in [7, 11) is 0. The van der Waals surface area contributed by atoms with E-state index in [0.717, 1.165) is 37.5 Å². The molecule has 3 heterocycles. The van der Waals surface area contributed by atoms with Crippen molar-refractivity contribution in [1.82, 2.24) is 14.8 Å². The lowest BCUT2D eigenvalue weighted by molar-refractivity contribution is -0.384. The number of nitro benzene ring substituents is 1. The molecule has 1 unspecified atom stereocenters. The second kappa shape index (κ2) is 8.37. The van der Waals surface area contributed by atoms with Crippen molar-refractivity contribution < 1.29 is 14.8 Å². The lowest BCUT2D eigenvalue weighted by Crippen LogP contribution is -2.64. The van der Waals surface area contributed by atoms with Crippen LogP contribution in [0, 0.1) is 22.0 Å². The first kappa shape index (κ1) is 22.8. The highest BCUT2D eigenvalue weighted by atomic mass is 16.6. The van der Waals surface area contributed by atoms with Crippen LogP contribution in [-0.4, -0.2) is 43.7 Å². The van der Waals surface area contributed by atoms with E-state index in [2.05, 4.69) is 10.2 Å². The van der Waals surface area contributed by atoms with Crippen LogP contribution in [0.2, 0.25) is 0 Å². The van der Waals surface area contributed by atoms with Gasteiger partial charge < -0.3 is 15.0 Å². The molecule has 2 aliphatic heterocycles. The average Bonchev–Trinajstić information content (AvgIpc) is 2.77. The minimum atomic E-state index is -0.633. The Balaban J connectivity index is 1.53. The Morgan fingerprint density at radius 1 is 1.18 bits per heavy atom. The number of benzene rings is 1. The summed E-state index contributed by atoms with van der Waals surface area (Å²) in [6.45, 7) is 5.62. The molecule has 34 heavy (non-hydrogen) atoms. The number of carbonyl (C=O) groups excluding carboxylic acids is 1. The van der Waals surface area contributed by atoms with Crippen molar-refractivity contribution in [1.29, 1.82) is 0 Å². The molecule has 4 fully saturated rings. The fraction of sp³-hybridized carbons (Fsp3) is 0.600. The summed E-state index contributed by atoms with van der Waals surface area (Å²) in [6.07, 6.45) is 6.42. The first-order chi connectivity index (χ1) is 16.2. The number of nitrogens with zero attached hydrogens (tertiary/aromatic N) is 3. The molecule has 6 rings (SSSR count). The van der Waals surface area contributed by atoms with Gasteiger partial charge in [-0.1, -0.05) is 6.92 Å². The van der Waals surface area contributed by atoms with Crippen molar-refractivity contribution in [3.63, 3.8) is 0 Å². The Morgan fingerprint density at radius 2 is 1.79 bits per heavy atom. The molecule has 0 radical (unpaired) electrons. The standard InChI is InChI=1S/C25H32N4O5/c1-4-21(28-17-8-14-7-15(10-17)11-18(28)9-14)26-24(31)22-23(30)19-12-16(29(33)34)5-6-20(19)27(13(2)3)25(22)32/h5-6,12-15,17-18,21,30H,4,7-11H2,1-3H3,(H,26,31). The number of non-ortho nitro benzene ring substituents is 1. The summed E-state index contributed by atoms with van der Waals surface area (Å²) in [4.78, 5) is 40.1. The zero-order chi connectivity index (χ0) is 24.3. The van der Waals surface area contributed by atoms with Gasteiger partial charge in [-0.2, -0.15) is 0 Å². The molecule has 1 amide bonds. The number of nitro groups is 1. The number of piperidine rings is 2. The van der Waals surface area contributed by atoms with Gasteiger partial charge in [-0.15, -0.1) is 0 Å². The van der Waals surface area contributed by atoms with E-state index in [1.807, 2.05) is 6.92 Å². The molecule has 2 aromatic rings. The highest BCUT2D eigenvalue weighted by Gasteiger charge is 2.49. The van der Waals surface area contributed by atoms with Crippen LogP contribution in [0.3, 0.4) is 0 Å². The van der Waals surface area contributed by atoms with Gasteiger partial charge in [-0.3, -0.25) is 24.6 Å². The summed E-state index contributed by atoms with van der Waals surface area (Å²) in [5.74, 6) is 0.426. The van der Waals surface area contributed by atoms with Gasteiger partial charge in [-0.05, 0) is 70.3 Å². The van der Waals surface area contributed by atoms with Gasteiger partial charge in [0, 0.05) is 35.6 Å². The van der Waals surface area contributed by atoms with Crippen LogP contribution in [0.5, 0.6) is 5.75 Å². The molecule has 2 N–H and O–H groups in total. The average molecular weight is 469 g/mol. The molecule has 2 aliphatic carbocycles. The SMILES string of the molecule is CCC(NC(=O)c1c(O)c2cc([N+](=O)[O-])ccc2n(C(C)C)c1=O)N1C2CC3CC(C2)CC1C3. The highest BCUT2D eigenvalue weighted by molar-refractivity contribution is 6.02. The van der Waals surface area contributed by atoms with Gasteiger partial charge >= 0.3 is 0 Å². The molecule has 4 aliphatic rings. The Hall–Kier alpha value is -2.94. The predicted octanol–water partition coefficient (Wildman–Crippen LogP) is 3.93. The third-order valence-electron chi connectivity index (χ3n) is 8.09. The fourth-order valence-corrected chi connectivity index (χ4v) is 6.91. The van der Waals surface area contributed by atoms with Crippen molar-refractivity contribution >= 4 is 22.5 Å². The summed E-state index contributed by atoms with van der Waals surface area (Å²) in [5, 5.41) is 25.5. The van der Waals surface area contributed by atoms with Crippen LogP contribution in [0.1, 0.15) is 75.7 Å². The normalized spacial score (nSPS) is 26.8. The zero-order valence-electron chi connectivity index (χ0n) is 19.9. The van der Waals surface area contributed by atoms with E-state index in [1.54, 1.807) is 13.8 Å². The smallest absolute Gasteiger partial charge is 0.270 e. The van der Waals surface area contributed by atoms with Crippen LogP contribution in [-0.2, 0) is 0 Å².